The van der Waals surface area contributed by atoms with E-state index in [1.807, 2.05) is 13.0 Å². The summed E-state index contributed by atoms with van der Waals surface area (Å²) in [4.78, 5) is 14.1. The number of hydrogen-bond donors (Lipinski definition) is 0. The first-order chi connectivity index (χ1) is 11.2. The Kier molecular flexibility index (Phi) is 4.25. The van der Waals surface area contributed by atoms with Crippen molar-refractivity contribution in [3.63, 3.8) is 0 Å². The summed E-state index contributed by atoms with van der Waals surface area (Å²) >= 11 is 3.86. The second-order valence-electron chi connectivity index (χ2n) is 6.42. The number of aryl methyl sites for hydroxylation is 1. The summed E-state index contributed by atoms with van der Waals surface area (Å²) in [5.74, 6) is 4.29. The van der Waals surface area contributed by atoms with Crippen LogP contribution in [-0.2, 0) is 5.75 Å². The Bertz CT molecular complexity index is 760. The standard InChI is InChI=1S/C20H20OS2/c1-13-2-5-19-18(10-13)20(21)17-4-3-15(11-16(17)12-23-19)14-6-8-22-9-7-14/h2-5,10-11,14H,6-9,12H2,1H3. The number of thioether (sulfide) groups is 2. The van der Waals surface area contributed by atoms with Crippen LogP contribution in [0.1, 0.15) is 51.4 Å². The van der Waals surface area contributed by atoms with Crippen molar-refractivity contribution in [2.24, 2.45) is 0 Å². The molecule has 1 nitrogen and oxygen atoms in total. The maximum Gasteiger partial charge on any atom is 0.194 e. The van der Waals surface area contributed by atoms with E-state index >= 15 is 0 Å². The van der Waals surface area contributed by atoms with E-state index in [1.54, 1.807) is 11.8 Å². The summed E-state index contributed by atoms with van der Waals surface area (Å²) in [6, 6.07) is 12.8. The highest BCUT2D eigenvalue weighted by Gasteiger charge is 2.23. The first-order valence-electron chi connectivity index (χ1n) is 8.21. The lowest BCUT2D eigenvalue weighted by atomic mass is 9.89. The van der Waals surface area contributed by atoms with Crippen molar-refractivity contribution in [2.75, 3.05) is 11.5 Å². The van der Waals surface area contributed by atoms with Crippen molar-refractivity contribution < 1.29 is 4.79 Å². The quantitative estimate of drug-likeness (QED) is 0.688. The van der Waals surface area contributed by atoms with Gasteiger partial charge in [-0.1, -0.05) is 29.8 Å². The molecule has 0 spiro atoms. The third-order valence-corrected chi connectivity index (χ3v) is 7.00. The molecular formula is C20H20OS2. The largest absolute Gasteiger partial charge is 0.289 e. The second-order valence-corrected chi connectivity index (χ2v) is 8.66. The van der Waals surface area contributed by atoms with E-state index in [4.69, 9.17) is 0 Å². The van der Waals surface area contributed by atoms with Crippen LogP contribution >= 0.6 is 23.5 Å². The van der Waals surface area contributed by atoms with Crippen molar-refractivity contribution in [3.8, 4) is 0 Å². The van der Waals surface area contributed by atoms with Gasteiger partial charge in [-0.3, -0.25) is 4.79 Å². The van der Waals surface area contributed by atoms with Crippen LogP contribution in [0.2, 0.25) is 0 Å². The Balaban J connectivity index is 1.72. The molecule has 0 N–H and O–H groups in total. The zero-order valence-electron chi connectivity index (χ0n) is 13.3. The molecule has 2 aliphatic rings. The average Bonchev–Trinajstić information content (AvgIpc) is 2.73. The number of benzene rings is 2. The summed E-state index contributed by atoms with van der Waals surface area (Å²) < 4.78 is 0. The van der Waals surface area contributed by atoms with Crippen LogP contribution in [0.4, 0.5) is 0 Å². The number of rotatable bonds is 1. The van der Waals surface area contributed by atoms with Gasteiger partial charge in [-0.15, -0.1) is 11.8 Å². The van der Waals surface area contributed by atoms with E-state index < -0.39 is 0 Å². The summed E-state index contributed by atoms with van der Waals surface area (Å²) in [6.45, 7) is 2.05. The number of ketones is 1. The van der Waals surface area contributed by atoms with Crippen LogP contribution in [0.5, 0.6) is 0 Å². The molecule has 118 valence electrons. The summed E-state index contributed by atoms with van der Waals surface area (Å²) in [7, 11) is 0. The molecule has 2 aromatic carbocycles. The van der Waals surface area contributed by atoms with E-state index in [9.17, 15) is 4.79 Å². The van der Waals surface area contributed by atoms with E-state index in [-0.39, 0.29) is 5.78 Å². The molecule has 0 aliphatic carbocycles. The van der Waals surface area contributed by atoms with Crippen molar-refractivity contribution in [2.45, 2.75) is 36.3 Å². The molecule has 2 aliphatic heterocycles. The predicted molar refractivity (Wildman–Crippen MR) is 99.9 cm³/mol. The fourth-order valence-electron chi connectivity index (χ4n) is 3.49. The first kappa shape index (κ1) is 15.3. The molecule has 4 rings (SSSR count). The Morgan fingerprint density at radius 2 is 1.83 bits per heavy atom. The minimum absolute atomic E-state index is 0.189. The van der Waals surface area contributed by atoms with Gasteiger partial charge in [0, 0.05) is 21.8 Å². The van der Waals surface area contributed by atoms with Gasteiger partial charge in [0.15, 0.2) is 5.78 Å². The Morgan fingerprint density at radius 3 is 2.65 bits per heavy atom. The monoisotopic (exact) mass is 340 g/mol. The third kappa shape index (κ3) is 2.97. The molecule has 0 radical (unpaired) electrons. The first-order valence-corrected chi connectivity index (χ1v) is 10.3. The highest BCUT2D eigenvalue weighted by atomic mass is 32.2. The van der Waals surface area contributed by atoms with Crippen LogP contribution < -0.4 is 0 Å². The number of fused-ring (bicyclic) bond motifs is 2. The van der Waals surface area contributed by atoms with Crippen molar-refractivity contribution in [1.82, 2.24) is 0 Å². The summed E-state index contributed by atoms with van der Waals surface area (Å²) in [5, 5.41) is 0. The minimum atomic E-state index is 0.189. The molecule has 2 aromatic rings. The van der Waals surface area contributed by atoms with E-state index in [0.717, 1.165) is 27.3 Å². The molecule has 0 aromatic heterocycles. The van der Waals surface area contributed by atoms with Gasteiger partial charge < -0.3 is 0 Å². The van der Waals surface area contributed by atoms with Gasteiger partial charge in [0.2, 0.25) is 0 Å². The fraction of sp³-hybridized carbons (Fsp3) is 0.350. The lowest BCUT2D eigenvalue weighted by Gasteiger charge is -2.22. The lowest BCUT2D eigenvalue weighted by Crippen LogP contribution is -2.10. The Labute approximate surface area is 146 Å². The van der Waals surface area contributed by atoms with Gasteiger partial charge >= 0.3 is 0 Å². The predicted octanol–water partition coefficient (Wildman–Crippen LogP) is 5.44. The molecule has 1 fully saturated rings. The molecule has 0 atom stereocenters. The molecule has 0 unspecified atom stereocenters. The van der Waals surface area contributed by atoms with Gasteiger partial charge in [0.1, 0.15) is 0 Å². The van der Waals surface area contributed by atoms with Gasteiger partial charge in [-0.2, -0.15) is 11.8 Å². The molecule has 1 saturated heterocycles. The lowest BCUT2D eigenvalue weighted by molar-refractivity contribution is 0.103. The van der Waals surface area contributed by atoms with E-state index in [0.29, 0.717) is 5.92 Å². The zero-order chi connectivity index (χ0) is 15.8. The maximum absolute atomic E-state index is 13.0. The number of carbonyl (C=O) groups excluding carboxylic acids is 1. The molecule has 3 heteroatoms. The van der Waals surface area contributed by atoms with E-state index in [2.05, 4.69) is 42.1 Å². The highest BCUT2D eigenvalue weighted by molar-refractivity contribution is 7.99. The fourth-order valence-corrected chi connectivity index (χ4v) is 5.61. The molecular weight excluding hydrogens is 320 g/mol. The Hall–Kier alpha value is -1.19. The van der Waals surface area contributed by atoms with Crippen LogP contribution in [0.25, 0.3) is 0 Å². The van der Waals surface area contributed by atoms with E-state index in [1.165, 1.54) is 35.5 Å². The highest BCUT2D eigenvalue weighted by Crippen LogP contribution is 2.37. The van der Waals surface area contributed by atoms with Crippen LogP contribution in [0.3, 0.4) is 0 Å². The minimum Gasteiger partial charge on any atom is -0.289 e. The van der Waals surface area contributed by atoms with Gasteiger partial charge in [0.05, 0.1) is 0 Å². The van der Waals surface area contributed by atoms with Crippen molar-refractivity contribution in [1.29, 1.82) is 0 Å². The maximum atomic E-state index is 13.0. The topological polar surface area (TPSA) is 17.1 Å². The normalized spacial score (nSPS) is 18.2. The Morgan fingerprint density at radius 1 is 1.00 bits per heavy atom. The van der Waals surface area contributed by atoms with Gasteiger partial charge in [0.25, 0.3) is 0 Å². The van der Waals surface area contributed by atoms with Crippen molar-refractivity contribution >= 4 is 29.3 Å². The molecule has 23 heavy (non-hydrogen) atoms. The molecule has 0 saturated carbocycles. The smallest absolute Gasteiger partial charge is 0.194 e. The molecule has 0 amide bonds. The molecule has 2 heterocycles. The SMILES string of the molecule is Cc1ccc2c(c1)C(=O)c1ccc(C3CCSCC3)cc1CS2. The zero-order valence-corrected chi connectivity index (χ0v) is 14.9. The van der Waals surface area contributed by atoms with Crippen LogP contribution in [-0.4, -0.2) is 17.3 Å². The third-order valence-electron chi connectivity index (χ3n) is 4.83. The number of hydrogen-bond acceptors (Lipinski definition) is 3. The molecule has 0 bridgehead atoms. The van der Waals surface area contributed by atoms with Crippen LogP contribution in [0, 0.1) is 6.92 Å². The number of carbonyl (C=O) groups is 1. The van der Waals surface area contributed by atoms with Gasteiger partial charge in [-0.25, -0.2) is 0 Å². The summed E-state index contributed by atoms with van der Waals surface area (Å²) in [5.41, 5.74) is 5.56. The second kappa shape index (κ2) is 6.37. The van der Waals surface area contributed by atoms with Crippen molar-refractivity contribution in [3.05, 3.63) is 64.2 Å². The average molecular weight is 341 g/mol. The summed E-state index contributed by atoms with van der Waals surface area (Å²) in [6.07, 6.45) is 2.54. The van der Waals surface area contributed by atoms with Crippen LogP contribution in [0.15, 0.2) is 41.3 Å². The van der Waals surface area contributed by atoms with Gasteiger partial charge in [-0.05, 0) is 60.4 Å².